The van der Waals surface area contributed by atoms with Gasteiger partial charge in [0.1, 0.15) is 5.01 Å². The van der Waals surface area contributed by atoms with Gasteiger partial charge in [-0.1, -0.05) is 54.6 Å². The molecule has 0 spiro atoms. The third-order valence-electron chi connectivity index (χ3n) is 4.38. The summed E-state index contributed by atoms with van der Waals surface area (Å²) in [7, 11) is 0. The molecule has 1 aliphatic carbocycles. The van der Waals surface area contributed by atoms with Crippen LogP contribution in [0.25, 0.3) is 31.9 Å². The largest absolute Gasteiger partial charge is 0.236 e. The number of aromatic nitrogens is 1. The van der Waals surface area contributed by atoms with Crippen molar-refractivity contribution in [1.82, 2.24) is 4.98 Å². The molecule has 5 rings (SSSR count). The maximum atomic E-state index is 4.84. The van der Waals surface area contributed by atoms with Crippen LogP contribution in [0.4, 0.5) is 0 Å². The highest BCUT2D eigenvalue weighted by Crippen LogP contribution is 2.42. The SMILES string of the molecule is c1ccc2c(c1)Cc1c(-c3nc4ccccc4s3)cccc1-2. The van der Waals surface area contributed by atoms with Gasteiger partial charge in [-0.15, -0.1) is 11.3 Å². The first kappa shape index (κ1) is 12.1. The fourth-order valence-electron chi connectivity index (χ4n) is 3.35. The van der Waals surface area contributed by atoms with Gasteiger partial charge in [-0.25, -0.2) is 4.98 Å². The van der Waals surface area contributed by atoms with Crippen molar-refractivity contribution in [2.45, 2.75) is 6.42 Å². The normalized spacial score (nSPS) is 12.4. The Labute approximate surface area is 132 Å². The van der Waals surface area contributed by atoms with Gasteiger partial charge >= 0.3 is 0 Å². The summed E-state index contributed by atoms with van der Waals surface area (Å²) in [6, 6.07) is 23.7. The monoisotopic (exact) mass is 299 g/mol. The van der Waals surface area contributed by atoms with Crippen LogP contribution in [-0.2, 0) is 6.42 Å². The van der Waals surface area contributed by atoms with Gasteiger partial charge in [0, 0.05) is 5.56 Å². The fraction of sp³-hybridized carbons (Fsp3) is 0.0500. The minimum absolute atomic E-state index is 1.01. The van der Waals surface area contributed by atoms with Crippen LogP contribution >= 0.6 is 11.3 Å². The number of para-hydroxylation sites is 1. The standard InChI is InChI=1S/C20H13NS/c1-2-7-14-13(6-1)12-17-15(14)8-5-9-16(17)20-21-18-10-3-4-11-19(18)22-20/h1-11H,12H2. The van der Waals surface area contributed by atoms with Crippen LogP contribution in [0, 0.1) is 0 Å². The van der Waals surface area contributed by atoms with E-state index in [-0.39, 0.29) is 0 Å². The van der Waals surface area contributed by atoms with Crippen molar-refractivity contribution in [1.29, 1.82) is 0 Å². The molecule has 0 bridgehead atoms. The van der Waals surface area contributed by atoms with Gasteiger partial charge in [-0.3, -0.25) is 0 Å². The van der Waals surface area contributed by atoms with Crippen molar-refractivity contribution in [3.63, 3.8) is 0 Å². The molecule has 0 atom stereocenters. The van der Waals surface area contributed by atoms with Crippen molar-refractivity contribution in [2.24, 2.45) is 0 Å². The molecule has 104 valence electrons. The quantitative estimate of drug-likeness (QED) is 0.396. The highest BCUT2D eigenvalue weighted by Gasteiger charge is 2.22. The molecule has 1 heterocycles. The lowest BCUT2D eigenvalue weighted by atomic mass is 10.0. The zero-order chi connectivity index (χ0) is 14.5. The van der Waals surface area contributed by atoms with Gasteiger partial charge in [0.15, 0.2) is 0 Å². The number of hydrogen-bond donors (Lipinski definition) is 0. The molecular formula is C20H13NS. The Morgan fingerprint density at radius 3 is 2.45 bits per heavy atom. The molecule has 1 aliphatic rings. The highest BCUT2D eigenvalue weighted by molar-refractivity contribution is 7.21. The number of rotatable bonds is 1. The van der Waals surface area contributed by atoms with Crippen molar-refractivity contribution < 1.29 is 0 Å². The lowest BCUT2D eigenvalue weighted by molar-refractivity contribution is 1.26. The molecule has 0 N–H and O–H groups in total. The molecule has 0 saturated heterocycles. The predicted octanol–water partition coefficient (Wildman–Crippen LogP) is 5.53. The average molecular weight is 299 g/mol. The third kappa shape index (κ3) is 1.68. The first-order chi connectivity index (χ1) is 10.9. The van der Waals surface area contributed by atoms with Gasteiger partial charge in [0.05, 0.1) is 10.2 Å². The maximum absolute atomic E-state index is 4.84. The maximum Gasteiger partial charge on any atom is 0.124 e. The van der Waals surface area contributed by atoms with E-state index in [0.29, 0.717) is 0 Å². The molecule has 2 heteroatoms. The van der Waals surface area contributed by atoms with Gasteiger partial charge in [-0.2, -0.15) is 0 Å². The molecule has 1 aromatic heterocycles. The smallest absolute Gasteiger partial charge is 0.124 e. The zero-order valence-corrected chi connectivity index (χ0v) is 12.7. The number of nitrogens with zero attached hydrogens (tertiary/aromatic N) is 1. The second-order valence-corrected chi connectivity index (χ2v) is 6.68. The number of benzene rings is 3. The van der Waals surface area contributed by atoms with E-state index < -0.39 is 0 Å². The molecule has 0 aliphatic heterocycles. The summed E-state index contributed by atoms with van der Waals surface area (Å²) in [5, 5.41) is 1.13. The second kappa shape index (κ2) is 4.52. The topological polar surface area (TPSA) is 12.9 Å². The molecule has 0 fully saturated rings. The minimum atomic E-state index is 1.01. The second-order valence-electron chi connectivity index (χ2n) is 5.65. The van der Waals surface area contributed by atoms with Gasteiger partial charge < -0.3 is 0 Å². The predicted molar refractivity (Wildman–Crippen MR) is 93.3 cm³/mol. The molecule has 0 saturated carbocycles. The Balaban J connectivity index is 1.74. The summed E-state index contributed by atoms with van der Waals surface area (Å²) >= 11 is 1.78. The van der Waals surface area contributed by atoms with Crippen molar-refractivity contribution in [2.75, 3.05) is 0 Å². The van der Waals surface area contributed by atoms with Crippen molar-refractivity contribution >= 4 is 21.6 Å². The first-order valence-corrected chi connectivity index (χ1v) is 8.28. The van der Waals surface area contributed by atoms with Gasteiger partial charge in [0.2, 0.25) is 0 Å². The van der Waals surface area contributed by atoms with Crippen LogP contribution in [0.3, 0.4) is 0 Å². The number of thiazole rings is 1. The van der Waals surface area contributed by atoms with Crippen LogP contribution in [0.1, 0.15) is 11.1 Å². The lowest BCUT2D eigenvalue weighted by Crippen LogP contribution is -1.86. The number of fused-ring (bicyclic) bond motifs is 4. The van der Waals surface area contributed by atoms with Crippen LogP contribution in [0.5, 0.6) is 0 Å². The third-order valence-corrected chi connectivity index (χ3v) is 5.44. The molecule has 22 heavy (non-hydrogen) atoms. The van der Waals surface area contributed by atoms with E-state index in [1.807, 2.05) is 0 Å². The van der Waals surface area contributed by atoms with Crippen molar-refractivity contribution in [3.05, 3.63) is 77.9 Å². The van der Waals surface area contributed by atoms with Gasteiger partial charge in [0.25, 0.3) is 0 Å². The Hall–Kier alpha value is -2.45. The van der Waals surface area contributed by atoms with Crippen LogP contribution in [-0.4, -0.2) is 4.98 Å². The van der Waals surface area contributed by atoms with Crippen LogP contribution in [0.15, 0.2) is 66.7 Å². The molecule has 0 unspecified atom stereocenters. The molecular weight excluding hydrogens is 286 g/mol. The summed E-state index contributed by atoms with van der Waals surface area (Å²) in [6.07, 6.45) is 1.01. The van der Waals surface area contributed by atoms with E-state index in [1.165, 1.54) is 32.5 Å². The van der Waals surface area contributed by atoms with E-state index >= 15 is 0 Å². The van der Waals surface area contributed by atoms with E-state index in [9.17, 15) is 0 Å². The Bertz CT molecular complexity index is 980. The van der Waals surface area contributed by atoms with Crippen molar-refractivity contribution in [3.8, 4) is 21.7 Å². The number of hydrogen-bond acceptors (Lipinski definition) is 2. The molecule has 4 aromatic rings. The molecule has 3 aromatic carbocycles. The average Bonchev–Trinajstić information content (AvgIpc) is 3.15. The highest BCUT2D eigenvalue weighted by atomic mass is 32.1. The summed E-state index contributed by atoms with van der Waals surface area (Å²) in [4.78, 5) is 4.84. The van der Waals surface area contributed by atoms with Crippen LogP contribution < -0.4 is 0 Å². The van der Waals surface area contributed by atoms with Crippen LogP contribution in [0.2, 0.25) is 0 Å². The summed E-state index contributed by atoms with van der Waals surface area (Å²) in [6.45, 7) is 0. The Morgan fingerprint density at radius 1 is 0.727 bits per heavy atom. The summed E-state index contributed by atoms with van der Waals surface area (Å²) in [5.41, 5.74) is 7.96. The first-order valence-electron chi connectivity index (χ1n) is 7.46. The van der Waals surface area contributed by atoms with E-state index in [4.69, 9.17) is 4.98 Å². The fourth-order valence-corrected chi connectivity index (χ4v) is 4.36. The summed E-state index contributed by atoms with van der Waals surface area (Å²) < 4.78 is 1.26. The Kier molecular flexibility index (Phi) is 2.49. The Morgan fingerprint density at radius 2 is 1.50 bits per heavy atom. The molecule has 0 amide bonds. The van der Waals surface area contributed by atoms with E-state index in [1.54, 1.807) is 11.3 Å². The molecule has 1 nitrogen and oxygen atoms in total. The summed E-state index contributed by atoms with van der Waals surface area (Å²) in [5.74, 6) is 0. The lowest BCUT2D eigenvalue weighted by Gasteiger charge is -2.05. The molecule has 0 radical (unpaired) electrons. The minimum Gasteiger partial charge on any atom is -0.236 e. The van der Waals surface area contributed by atoms with Gasteiger partial charge in [-0.05, 0) is 40.8 Å². The van der Waals surface area contributed by atoms with E-state index in [0.717, 1.165) is 16.9 Å². The zero-order valence-electron chi connectivity index (χ0n) is 11.9. The van der Waals surface area contributed by atoms with E-state index in [2.05, 4.69) is 66.7 Å².